The number of hydrogen-bond donors (Lipinski definition) is 2. The Morgan fingerprint density at radius 3 is 2.89 bits per heavy atom. The molecule has 1 rings (SSSR count). The number of nitrogens with one attached hydrogen (secondary N) is 2. The molecule has 0 unspecified atom stereocenters. The van der Waals surface area contributed by atoms with Gasteiger partial charge >= 0.3 is 0 Å². The van der Waals surface area contributed by atoms with Gasteiger partial charge in [-0.15, -0.1) is 0 Å². The third-order valence-electron chi connectivity index (χ3n) is 2.62. The highest BCUT2D eigenvalue weighted by Gasteiger charge is 2.07. The Morgan fingerprint density at radius 2 is 2.21 bits per heavy atom. The summed E-state index contributed by atoms with van der Waals surface area (Å²) >= 11 is 0. The van der Waals surface area contributed by atoms with Gasteiger partial charge in [0.05, 0.1) is 12.2 Å². The van der Waals surface area contributed by atoms with Gasteiger partial charge in [-0.3, -0.25) is 14.7 Å². The lowest BCUT2D eigenvalue weighted by molar-refractivity contribution is -0.121. The minimum atomic E-state index is 0.0465. The highest BCUT2D eigenvalue weighted by Crippen LogP contribution is 2.09. The summed E-state index contributed by atoms with van der Waals surface area (Å²) in [6, 6.07) is 3.99. The average molecular weight is 264 g/mol. The van der Waals surface area contributed by atoms with E-state index in [1.807, 2.05) is 31.0 Å². The highest BCUT2D eigenvalue weighted by atomic mass is 16.1. The van der Waals surface area contributed by atoms with Crippen molar-refractivity contribution in [2.45, 2.75) is 26.8 Å². The SMILES string of the molecule is CCCNc1ccnc(CN(C)CC(=O)NCC)c1. The van der Waals surface area contributed by atoms with Crippen molar-refractivity contribution in [3.05, 3.63) is 24.0 Å². The maximum absolute atomic E-state index is 11.5. The zero-order valence-corrected chi connectivity index (χ0v) is 12.1. The van der Waals surface area contributed by atoms with Crippen LogP contribution in [0, 0.1) is 0 Å². The summed E-state index contributed by atoms with van der Waals surface area (Å²) in [5.74, 6) is 0.0465. The summed E-state index contributed by atoms with van der Waals surface area (Å²) < 4.78 is 0. The molecule has 5 heteroatoms. The summed E-state index contributed by atoms with van der Waals surface area (Å²) in [6.45, 7) is 6.73. The van der Waals surface area contributed by atoms with Gasteiger partial charge in [-0.1, -0.05) is 6.92 Å². The molecule has 19 heavy (non-hydrogen) atoms. The van der Waals surface area contributed by atoms with Crippen LogP contribution in [0.1, 0.15) is 26.0 Å². The fraction of sp³-hybridized carbons (Fsp3) is 0.571. The lowest BCUT2D eigenvalue weighted by Crippen LogP contribution is -2.34. The molecule has 0 radical (unpaired) electrons. The van der Waals surface area contributed by atoms with E-state index in [2.05, 4.69) is 22.5 Å². The summed E-state index contributed by atoms with van der Waals surface area (Å²) in [7, 11) is 1.92. The first-order valence-electron chi connectivity index (χ1n) is 6.79. The molecular weight excluding hydrogens is 240 g/mol. The van der Waals surface area contributed by atoms with E-state index in [0.29, 0.717) is 19.6 Å². The third-order valence-corrected chi connectivity index (χ3v) is 2.62. The van der Waals surface area contributed by atoms with E-state index in [1.165, 1.54) is 0 Å². The van der Waals surface area contributed by atoms with Crippen LogP contribution in [0.2, 0.25) is 0 Å². The van der Waals surface area contributed by atoms with Crippen molar-refractivity contribution < 1.29 is 4.79 Å². The van der Waals surface area contributed by atoms with Crippen LogP contribution in [0.25, 0.3) is 0 Å². The molecule has 0 spiro atoms. The van der Waals surface area contributed by atoms with E-state index in [4.69, 9.17) is 0 Å². The van der Waals surface area contributed by atoms with E-state index in [1.54, 1.807) is 6.20 Å². The number of likely N-dealkylation sites (N-methyl/N-ethyl adjacent to an activating group) is 2. The standard InChI is InChI=1S/C14H24N4O/c1-4-7-16-12-6-8-17-13(9-12)10-18(3)11-14(19)15-5-2/h6,8-9H,4-5,7,10-11H2,1-3H3,(H,15,19)(H,16,17). The maximum atomic E-state index is 11.5. The monoisotopic (exact) mass is 264 g/mol. The molecule has 0 saturated heterocycles. The quantitative estimate of drug-likeness (QED) is 0.746. The number of carbonyl (C=O) groups excluding carboxylic acids is 1. The minimum Gasteiger partial charge on any atom is -0.385 e. The van der Waals surface area contributed by atoms with Gasteiger partial charge in [-0.2, -0.15) is 0 Å². The van der Waals surface area contributed by atoms with Gasteiger partial charge in [-0.25, -0.2) is 0 Å². The molecule has 2 N–H and O–H groups in total. The van der Waals surface area contributed by atoms with Crippen LogP contribution in [0.4, 0.5) is 5.69 Å². The second-order valence-electron chi connectivity index (χ2n) is 4.59. The first kappa shape index (κ1) is 15.4. The molecule has 1 amide bonds. The molecule has 0 aliphatic heterocycles. The molecule has 1 aromatic heterocycles. The minimum absolute atomic E-state index is 0.0465. The van der Waals surface area contributed by atoms with Gasteiger partial charge in [0.2, 0.25) is 5.91 Å². The van der Waals surface area contributed by atoms with Crippen molar-refractivity contribution in [3.8, 4) is 0 Å². The second-order valence-corrected chi connectivity index (χ2v) is 4.59. The Hall–Kier alpha value is -1.62. The number of carbonyl (C=O) groups is 1. The van der Waals surface area contributed by atoms with Crippen molar-refractivity contribution in [3.63, 3.8) is 0 Å². The van der Waals surface area contributed by atoms with E-state index >= 15 is 0 Å². The van der Waals surface area contributed by atoms with Crippen molar-refractivity contribution in [1.82, 2.24) is 15.2 Å². The van der Waals surface area contributed by atoms with Crippen LogP contribution in [-0.4, -0.2) is 42.5 Å². The zero-order chi connectivity index (χ0) is 14.1. The average Bonchev–Trinajstić information content (AvgIpc) is 2.36. The van der Waals surface area contributed by atoms with E-state index in [0.717, 1.165) is 24.3 Å². The number of amides is 1. The molecule has 0 aliphatic carbocycles. The van der Waals surface area contributed by atoms with Gasteiger partial charge in [-0.05, 0) is 32.5 Å². The molecule has 0 saturated carbocycles. The number of pyridine rings is 1. The lowest BCUT2D eigenvalue weighted by atomic mass is 10.3. The molecule has 5 nitrogen and oxygen atoms in total. The molecule has 0 atom stereocenters. The summed E-state index contributed by atoms with van der Waals surface area (Å²) in [5, 5.41) is 6.12. The summed E-state index contributed by atoms with van der Waals surface area (Å²) in [6.07, 6.45) is 2.89. The molecule has 0 fully saturated rings. The fourth-order valence-corrected chi connectivity index (χ4v) is 1.77. The predicted octanol–water partition coefficient (Wildman–Crippen LogP) is 1.47. The molecule has 0 aliphatic rings. The van der Waals surface area contributed by atoms with Gasteiger partial charge in [0, 0.05) is 31.5 Å². The molecule has 1 aromatic rings. The maximum Gasteiger partial charge on any atom is 0.234 e. The number of anilines is 1. The van der Waals surface area contributed by atoms with Crippen LogP contribution in [0.15, 0.2) is 18.3 Å². The Morgan fingerprint density at radius 1 is 1.42 bits per heavy atom. The van der Waals surface area contributed by atoms with Gasteiger partial charge in [0.15, 0.2) is 0 Å². The number of rotatable bonds is 8. The Balaban J connectivity index is 2.49. The van der Waals surface area contributed by atoms with Gasteiger partial charge < -0.3 is 10.6 Å². The summed E-state index contributed by atoms with van der Waals surface area (Å²) in [5.41, 5.74) is 2.05. The molecule has 1 heterocycles. The normalized spacial score (nSPS) is 10.5. The Kier molecular flexibility index (Phi) is 6.89. The fourth-order valence-electron chi connectivity index (χ4n) is 1.77. The first-order valence-corrected chi connectivity index (χ1v) is 6.79. The highest BCUT2D eigenvalue weighted by molar-refractivity contribution is 5.77. The van der Waals surface area contributed by atoms with Gasteiger partial charge in [0.1, 0.15) is 0 Å². The van der Waals surface area contributed by atoms with Crippen LogP contribution < -0.4 is 10.6 Å². The van der Waals surface area contributed by atoms with Crippen molar-refractivity contribution in [2.24, 2.45) is 0 Å². The van der Waals surface area contributed by atoms with Crippen molar-refractivity contribution in [1.29, 1.82) is 0 Å². The van der Waals surface area contributed by atoms with Crippen molar-refractivity contribution in [2.75, 3.05) is 32.0 Å². The van der Waals surface area contributed by atoms with Crippen LogP contribution in [-0.2, 0) is 11.3 Å². The van der Waals surface area contributed by atoms with E-state index in [9.17, 15) is 4.79 Å². The summed E-state index contributed by atoms with van der Waals surface area (Å²) in [4.78, 5) is 17.7. The van der Waals surface area contributed by atoms with E-state index < -0.39 is 0 Å². The number of hydrogen-bond acceptors (Lipinski definition) is 4. The first-order chi connectivity index (χ1) is 9.15. The zero-order valence-electron chi connectivity index (χ0n) is 12.1. The van der Waals surface area contributed by atoms with Gasteiger partial charge in [0.25, 0.3) is 0 Å². The largest absolute Gasteiger partial charge is 0.385 e. The molecule has 0 bridgehead atoms. The Bertz CT molecular complexity index is 395. The van der Waals surface area contributed by atoms with Crippen LogP contribution in [0.5, 0.6) is 0 Å². The van der Waals surface area contributed by atoms with Crippen LogP contribution in [0.3, 0.4) is 0 Å². The smallest absolute Gasteiger partial charge is 0.234 e. The van der Waals surface area contributed by atoms with Crippen molar-refractivity contribution >= 4 is 11.6 Å². The Labute approximate surface area is 115 Å². The number of aromatic nitrogens is 1. The second kappa shape index (κ2) is 8.48. The molecular formula is C14H24N4O. The topological polar surface area (TPSA) is 57.3 Å². The lowest BCUT2D eigenvalue weighted by Gasteiger charge is -2.16. The third kappa shape index (κ3) is 6.20. The predicted molar refractivity (Wildman–Crippen MR) is 78.0 cm³/mol. The van der Waals surface area contributed by atoms with Crippen LogP contribution >= 0.6 is 0 Å². The molecule has 0 aromatic carbocycles. The van der Waals surface area contributed by atoms with E-state index in [-0.39, 0.29) is 5.91 Å². The molecule has 106 valence electrons. The number of nitrogens with zero attached hydrogens (tertiary/aromatic N) is 2.